The lowest BCUT2D eigenvalue weighted by molar-refractivity contribution is 0.122. The molecule has 0 radical (unpaired) electrons. The van der Waals surface area contributed by atoms with Gasteiger partial charge in [-0.2, -0.15) is 5.10 Å². The van der Waals surface area contributed by atoms with Crippen LogP contribution in [0.5, 0.6) is 0 Å². The van der Waals surface area contributed by atoms with Gasteiger partial charge in [-0.3, -0.25) is 0 Å². The Balaban J connectivity index is 1.42. The first-order valence-corrected chi connectivity index (χ1v) is 10.4. The monoisotopic (exact) mass is 408 g/mol. The molecule has 0 N–H and O–H groups in total. The van der Waals surface area contributed by atoms with E-state index in [0.717, 1.165) is 51.8 Å². The first-order chi connectivity index (χ1) is 15.4. The van der Waals surface area contributed by atoms with Crippen molar-refractivity contribution in [2.45, 2.75) is 0 Å². The fraction of sp³-hybridized carbons (Fsp3) is 0.167. The van der Waals surface area contributed by atoms with E-state index in [4.69, 9.17) is 9.72 Å². The van der Waals surface area contributed by atoms with Crippen LogP contribution in [-0.2, 0) is 4.74 Å². The van der Waals surface area contributed by atoms with Gasteiger partial charge in [0, 0.05) is 41.0 Å². The van der Waals surface area contributed by atoms with Crippen molar-refractivity contribution in [2.24, 2.45) is 0 Å². The first-order valence-electron chi connectivity index (χ1n) is 10.4. The van der Waals surface area contributed by atoms with E-state index in [9.17, 15) is 0 Å². The molecule has 1 fully saturated rings. The quantitative estimate of drug-likeness (QED) is 0.451. The number of pyridine rings is 1. The molecule has 3 aromatic heterocycles. The van der Waals surface area contributed by atoms with Crippen molar-refractivity contribution in [3.63, 3.8) is 0 Å². The Morgan fingerprint density at radius 2 is 1.52 bits per heavy atom. The van der Waals surface area contributed by atoms with E-state index in [-0.39, 0.29) is 0 Å². The molecule has 7 nitrogen and oxygen atoms in total. The van der Waals surface area contributed by atoms with Gasteiger partial charge in [0.1, 0.15) is 0 Å². The Morgan fingerprint density at radius 3 is 2.39 bits per heavy atom. The number of rotatable bonds is 3. The van der Waals surface area contributed by atoms with Crippen LogP contribution in [-0.4, -0.2) is 51.3 Å². The number of anilines is 1. The zero-order chi connectivity index (χ0) is 20.6. The van der Waals surface area contributed by atoms with Gasteiger partial charge in [-0.05, 0) is 12.1 Å². The molecule has 4 heterocycles. The van der Waals surface area contributed by atoms with Gasteiger partial charge in [0.2, 0.25) is 0 Å². The van der Waals surface area contributed by atoms with Crippen LogP contribution >= 0.6 is 0 Å². The molecule has 31 heavy (non-hydrogen) atoms. The molecule has 0 unspecified atom stereocenters. The summed E-state index contributed by atoms with van der Waals surface area (Å²) in [4.78, 5) is 7.01. The number of hydrogen-bond acceptors (Lipinski definition) is 6. The van der Waals surface area contributed by atoms with Gasteiger partial charge in [-0.15, -0.1) is 10.2 Å². The van der Waals surface area contributed by atoms with E-state index >= 15 is 0 Å². The summed E-state index contributed by atoms with van der Waals surface area (Å²) in [7, 11) is 0. The largest absolute Gasteiger partial charge is 0.378 e. The Labute approximate surface area is 178 Å². The molecule has 1 aliphatic heterocycles. The Morgan fingerprint density at radius 1 is 0.774 bits per heavy atom. The smallest absolute Gasteiger partial charge is 0.183 e. The minimum absolute atomic E-state index is 0.707. The summed E-state index contributed by atoms with van der Waals surface area (Å²) in [5.41, 5.74) is 2.79. The van der Waals surface area contributed by atoms with Crippen LogP contribution in [0.1, 0.15) is 0 Å². The summed E-state index contributed by atoms with van der Waals surface area (Å²) in [5.74, 6) is 1.60. The number of benzene rings is 2. The van der Waals surface area contributed by atoms with Gasteiger partial charge in [-0.25, -0.2) is 9.67 Å². The van der Waals surface area contributed by atoms with Crippen molar-refractivity contribution in [1.29, 1.82) is 0 Å². The zero-order valence-electron chi connectivity index (χ0n) is 16.8. The molecule has 1 aliphatic rings. The van der Waals surface area contributed by atoms with Gasteiger partial charge >= 0.3 is 0 Å². The average Bonchev–Trinajstić information content (AvgIpc) is 3.34. The van der Waals surface area contributed by atoms with Crippen molar-refractivity contribution >= 4 is 27.5 Å². The van der Waals surface area contributed by atoms with Gasteiger partial charge in [-0.1, -0.05) is 48.5 Å². The molecule has 0 saturated carbocycles. The van der Waals surface area contributed by atoms with Crippen molar-refractivity contribution in [3.8, 4) is 17.1 Å². The number of ether oxygens (including phenoxy) is 1. The summed E-state index contributed by atoms with van der Waals surface area (Å²) in [6.45, 7) is 3.05. The summed E-state index contributed by atoms with van der Waals surface area (Å²) in [6.07, 6.45) is 3.78. The van der Waals surface area contributed by atoms with Crippen LogP contribution < -0.4 is 4.90 Å². The molecular formula is C24H20N6O. The lowest BCUT2D eigenvalue weighted by atomic mass is 10.1. The van der Waals surface area contributed by atoms with Crippen LogP contribution in [0.3, 0.4) is 0 Å². The standard InChI is InChI=1S/C24H20N6O/c1-4-8-21-17(5-1)9-10-22(26-21)18-15-25-30(16-18)24-20-7-3-2-6-19(20)23(27-28-24)29-11-13-31-14-12-29/h1-10,15-16H,11-14H2. The highest BCUT2D eigenvalue weighted by molar-refractivity contribution is 5.96. The van der Waals surface area contributed by atoms with Crippen LogP contribution in [0.4, 0.5) is 5.82 Å². The molecule has 1 saturated heterocycles. The van der Waals surface area contributed by atoms with Crippen molar-refractivity contribution < 1.29 is 4.74 Å². The molecule has 6 rings (SSSR count). The molecule has 5 aromatic rings. The maximum Gasteiger partial charge on any atom is 0.183 e. The van der Waals surface area contributed by atoms with Crippen LogP contribution in [0.2, 0.25) is 0 Å². The third kappa shape index (κ3) is 3.19. The van der Waals surface area contributed by atoms with E-state index in [1.807, 2.05) is 48.8 Å². The number of fused-ring (bicyclic) bond motifs is 2. The van der Waals surface area contributed by atoms with E-state index in [1.165, 1.54) is 0 Å². The fourth-order valence-electron chi connectivity index (χ4n) is 4.05. The van der Waals surface area contributed by atoms with E-state index in [2.05, 4.69) is 44.5 Å². The Bertz CT molecular complexity index is 1390. The molecule has 7 heteroatoms. The van der Waals surface area contributed by atoms with Crippen LogP contribution in [0.15, 0.2) is 73.1 Å². The van der Waals surface area contributed by atoms with Crippen molar-refractivity contribution in [3.05, 3.63) is 73.1 Å². The third-order valence-corrected chi connectivity index (χ3v) is 5.65. The SMILES string of the molecule is c1ccc2nc(-c3cnn(-c4nnc(N5CCOCC5)c5ccccc45)c3)ccc2c1. The Hall–Kier alpha value is -3.84. The first kappa shape index (κ1) is 18.0. The predicted octanol–water partition coefficient (Wildman–Crippen LogP) is 3.87. The second-order valence-electron chi connectivity index (χ2n) is 7.55. The number of para-hydroxylation sites is 1. The zero-order valence-corrected chi connectivity index (χ0v) is 16.8. The molecule has 0 amide bonds. The molecule has 0 bridgehead atoms. The molecule has 0 atom stereocenters. The normalized spacial score (nSPS) is 14.4. The van der Waals surface area contributed by atoms with Crippen LogP contribution in [0.25, 0.3) is 38.8 Å². The number of nitrogens with zero attached hydrogens (tertiary/aromatic N) is 6. The van der Waals surface area contributed by atoms with Crippen LogP contribution in [0, 0.1) is 0 Å². The predicted molar refractivity (Wildman–Crippen MR) is 120 cm³/mol. The summed E-state index contributed by atoms with van der Waals surface area (Å²) < 4.78 is 7.27. The molecule has 0 aliphatic carbocycles. The molecule has 2 aromatic carbocycles. The third-order valence-electron chi connectivity index (χ3n) is 5.65. The lowest BCUT2D eigenvalue weighted by Crippen LogP contribution is -2.37. The van der Waals surface area contributed by atoms with Crippen molar-refractivity contribution in [2.75, 3.05) is 31.2 Å². The summed E-state index contributed by atoms with van der Waals surface area (Å²) in [5, 5.41) is 16.9. The molecule has 0 spiro atoms. The maximum absolute atomic E-state index is 5.49. The average molecular weight is 408 g/mol. The molecular weight excluding hydrogens is 388 g/mol. The van der Waals surface area contributed by atoms with E-state index in [0.29, 0.717) is 19.0 Å². The lowest BCUT2D eigenvalue weighted by Gasteiger charge is -2.28. The topological polar surface area (TPSA) is 69.0 Å². The number of hydrogen-bond donors (Lipinski definition) is 0. The number of aromatic nitrogens is 5. The summed E-state index contributed by atoms with van der Waals surface area (Å²) >= 11 is 0. The van der Waals surface area contributed by atoms with E-state index in [1.54, 1.807) is 4.68 Å². The van der Waals surface area contributed by atoms with Gasteiger partial charge < -0.3 is 9.64 Å². The van der Waals surface area contributed by atoms with Gasteiger partial charge in [0.15, 0.2) is 11.6 Å². The highest BCUT2D eigenvalue weighted by Crippen LogP contribution is 2.29. The van der Waals surface area contributed by atoms with E-state index < -0.39 is 0 Å². The summed E-state index contributed by atoms with van der Waals surface area (Å²) in [6, 6.07) is 20.4. The highest BCUT2D eigenvalue weighted by Gasteiger charge is 2.18. The molecule has 152 valence electrons. The maximum atomic E-state index is 5.49. The van der Waals surface area contributed by atoms with Gasteiger partial charge in [0.25, 0.3) is 0 Å². The van der Waals surface area contributed by atoms with Gasteiger partial charge in [0.05, 0.1) is 30.6 Å². The second kappa shape index (κ2) is 7.45. The second-order valence-corrected chi connectivity index (χ2v) is 7.55. The fourth-order valence-corrected chi connectivity index (χ4v) is 4.05. The van der Waals surface area contributed by atoms with Crippen molar-refractivity contribution in [1.82, 2.24) is 25.0 Å². The number of morpholine rings is 1. The minimum Gasteiger partial charge on any atom is -0.378 e. The minimum atomic E-state index is 0.707. The highest BCUT2D eigenvalue weighted by atomic mass is 16.5. The Kier molecular flexibility index (Phi) is 4.32.